The molecule has 1 aromatic carbocycles. The minimum atomic E-state index is -4.99. The molecule has 4 rings (SSSR count). The number of amides is 2. The van der Waals surface area contributed by atoms with Gasteiger partial charge in [-0.05, 0) is 37.1 Å². The number of primary amides is 1. The fourth-order valence-electron chi connectivity index (χ4n) is 4.17. The van der Waals surface area contributed by atoms with Crippen LogP contribution >= 0.6 is 0 Å². The molecule has 1 aliphatic rings. The number of aromatic nitrogens is 2. The molecule has 1 aliphatic carbocycles. The summed E-state index contributed by atoms with van der Waals surface area (Å²) in [5.41, 5.74) is 11.3. The lowest BCUT2D eigenvalue weighted by molar-refractivity contribution is -0.274. The number of nitrogens with two attached hydrogens (primary N) is 2. The predicted molar refractivity (Wildman–Crippen MR) is 135 cm³/mol. The minimum Gasteiger partial charge on any atom is -0.405 e. The van der Waals surface area contributed by atoms with E-state index in [1.54, 1.807) is 0 Å². The molecule has 0 bridgehead atoms. The van der Waals surface area contributed by atoms with Crippen molar-refractivity contribution in [3.63, 3.8) is 0 Å². The summed E-state index contributed by atoms with van der Waals surface area (Å²) in [4.78, 5) is 32.9. The molecule has 2 aromatic heterocycles. The van der Waals surface area contributed by atoms with Crippen LogP contribution in [0.4, 0.5) is 40.6 Å². The Morgan fingerprint density at radius 3 is 2.44 bits per heavy atom. The van der Waals surface area contributed by atoms with Gasteiger partial charge >= 0.3 is 6.36 Å². The number of alkyl halides is 3. The van der Waals surface area contributed by atoms with Crippen molar-refractivity contribution in [1.82, 2.24) is 9.97 Å². The van der Waals surface area contributed by atoms with E-state index >= 15 is 0 Å². The fraction of sp³-hybridized carbons (Fsp3) is 0.280. The molecule has 1 saturated carbocycles. The summed E-state index contributed by atoms with van der Waals surface area (Å²) < 4.78 is 56.9. The Morgan fingerprint density at radius 1 is 1.00 bits per heavy atom. The molecule has 0 saturated heterocycles. The third-order valence-corrected chi connectivity index (χ3v) is 6.00. The average Bonchev–Trinajstić information content (AvgIpc) is 2.86. The van der Waals surface area contributed by atoms with E-state index in [4.69, 9.17) is 11.5 Å². The van der Waals surface area contributed by atoms with Crippen LogP contribution in [0.3, 0.4) is 0 Å². The van der Waals surface area contributed by atoms with E-state index in [0.29, 0.717) is 0 Å². The molecule has 39 heavy (non-hydrogen) atoms. The number of hydrogen-bond acceptors (Lipinski definition) is 8. The standard InChI is InChI=1S/C25H25F4N7O3/c26-17-10-16(21(31)37)22(36-23(17)35-19-7-3-2-6-18(19)30)33-13-9-14(12-32-11-13)34-24(38)15-5-1-4-8-20(15)39-25(27,28)29/h1,4-5,8-12,18-19H,2-3,6-7,30H2,(H2,31,37)(H,34,38)(H2,33,35,36)/t18-,19?/m0/s1. The Labute approximate surface area is 220 Å². The van der Waals surface area contributed by atoms with Crippen molar-refractivity contribution in [3.05, 3.63) is 65.7 Å². The van der Waals surface area contributed by atoms with Crippen LogP contribution < -0.4 is 32.2 Å². The molecule has 14 heteroatoms. The van der Waals surface area contributed by atoms with Crippen LogP contribution in [0.1, 0.15) is 46.4 Å². The van der Waals surface area contributed by atoms with Crippen molar-refractivity contribution in [2.24, 2.45) is 11.5 Å². The molecule has 7 N–H and O–H groups in total. The van der Waals surface area contributed by atoms with Crippen molar-refractivity contribution in [3.8, 4) is 5.75 Å². The molecule has 2 amide bonds. The summed E-state index contributed by atoms with van der Waals surface area (Å²) in [5, 5.41) is 8.27. The Hall–Kier alpha value is -4.46. The summed E-state index contributed by atoms with van der Waals surface area (Å²) >= 11 is 0. The number of nitrogens with one attached hydrogen (secondary N) is 3. The number of halogens is 4. The highest BCUT2D eigenvalue weighted by Crippen LogP contribution is 2.29. The van der Waals surface area contributed by atoms with Gasteiger partial charge < -0.3 is 32.2 Å². The van der Waals surface area contributed by atoms with Crippen molar-refractivity contribution >= 4 is 34.8 Å². The lowest BCUT2D eigenvalue weighted by Gasteiger charge is -2.30. The van der Waals surface area contributed by atoms with Gasteiger partial charge in [-0.1, -0.05) is 25.0 Å². The zero-order chi connectivity index (χ0) is 28.2. The normalized spacial score (nSPS) is 17.3. The Balaban J connectivity index is 1.56. The SMILES string of the molecule is NC(=O)c1cc(F)c(NC2CCCC[C@@H]2N)nc1Nc1cncc(NC(=O)c2ccccc2OC(F)(F)F)c1. The van der Waals surface area contributed by atoms with Crippen LogP contribution in [0.5, 0.6) is 5.75 Å². The van der Waals surface area contributed by atoms with Gasteiger partial charge in [-0.2, -0.15) is 0 Å². The first-order valence-corrected chi connectivity index (χ1v) is 11.9. The number of ether oxygens (including phenoxy) is 1. The Bertz CT molecular complexity index is 1370. The topological polar surface area (TPSA) is 157 Å². The predicted octanol–water partition coefficient (Wildman–Crippen LogP) is 4.29. The van der Waals surface area contributed by atoms with Gasteiger partial charge in [0.15, 0.2) is 11.6 Å². The summed E-state index contributed by atoms with van der Waals surface area (Å²) in [5.74, 6) is -3.49. The summed E-state index contributed by atoms with van der Waals surface area (Å²) in [6.07, 6.45) is 0.999. The molecular formula is C25H25F4N7O3. The van der Waals surface area contributed by atoms with E-state index in [1.807, 2.05) is 0 Å². The second-order valence-electron chi connectivity index (χ2n) is 8.86. The number of anilines is 4. The molecule has 0 radical (unpaired) electrons. The van der Waals surface area contributed by atoms with E-state index in [9.17, 15) is 27.2 Å². The molecule has 1 fully saturated rings. The van der Waals surface area contributed by atoms with E-state index in [-0.39, 0.29) is 46.2 Å². The maximum Gasteiger partial charge on any atom is 0.573 e. The summed E-state index contributed by atoms with van der Waals surface area (Å²) in [7, 11) is 0. The molecule has 2 atom stereocenters. The first kappa shape index (κ1) is 27.6. The number of carbonyl (C=O) groups excluding carboxylic acids is 2. The summed E-state index contributed by atoms with van der Waals surface area (Å²) in [6, 6.07) is 6.78. The van der Waals surface area contributed by atoms with Crippen LogP contribution in [0.25, 0.3) is 0 Å². The van der Waals surface area contributed by atoms with Crippen LogP contribution in [-0.4, -0.2) is 40.2 Å². The van der Waals surface area contributed by atoms with Gasteiger partial charge in [0, 0.05) is 12.1 Å². The van der Waals surface area contributed by atoms with Crippen LogP contribution in [0, 0.1) is 5.82 Å². The minimum absolute atomic E-state index is 0.0787. The van der Waals surface area contributed by atoms with Gasteiger partial charge in [0.25, 0.3) is 11.8 Å². The number of nitrogens with zero attached hydrogens (tertiary/aromatic N) is 2. The van der Waals surface area contributed by atoms with Gasteiger partial charge in [-0.25, -0.2) is 9.37 Å². The van der Waals surface area contributed by atoms with Gasteiger partial charge in [0.2, 0.25) is 0 Å². The highest BCUT2D eigenvalue weighted by atomic mass is 19.4. The molecule has 1 unspecified atom stereocenters. The lowest BCUT2D eigenvalue weighted by atomic mass is 9.91. The number of hydrogen-bond donors (Lipinski definition) is 5. The van der Waals surface area contributed by atoms with Gasteiger partial charge in [-0.15, -0.1) is 13.2 Å². The first-order chi connectivity index (χ1) is 18.5. The largest absolute Gasteiger partial charge is 0.573 e. The van der Waals surface area contributed by atoms with Gasteiger partial charge in [-0.3, -0.25) is 14.6 Å². The van der Waals surface area contributed by atoms with Crippen molar-refractivity contribution in [2.45, 2.75) is 44.1 Å². The average molecular weight is 548 g/mol. The Kier molecular flexibility index (Phi) is 8.14. The fourth-order valence-corrected chi connectivity index (χ4v) is 4.17. The van der Waals surface area contributed by atoms with Crippen molar-refractivity contribution in [2.75, 3.05) is 16.0 Å². The van der Waals surface area contributed by atoms with Gasteiger partial charge in [0.05, 0.1) is 34.9 Å². The summed E-state index contributed by atoms with van der Waals surface area (Å²) in [6.45, 7) is 0. The number of para-hydroxylation sites is 1. The maximum atomic E-state index is 14.8. The van der Waals surface area contributed by atoms with Crippen molar-refractivity contribution in [1.29, 1.82) is 0 Å². The molecule has 206 valence electrons. The number of benzene rings is 1. The molecule has 10 nitrogen and oxygen atoms in total. The van der Waals surface area contributed by atoms with E-state index in [2.05, 4.69) is 30.7 Å². The van der Waals surface area contributed by atoms with Crippen LogP contribution in [-0.2, 0) is 0 Å². The van der Waals surface area contributed by atoms with Crippen LogP contribution in [0.2, 0.25) is 0 Å². The third kappa shape index (κ3) is 7.10. The molecule has 2 heterocycles. The zero-order valence-corrected chi connectivity index (χ0v) is 20.4. The molecule has 0 spiro atoms. The highest BCUT2D eigenvalue weighted by molar-refractivity contribution is 6.06. The zero-order valence-electron chi connectivity index (χ0n) is 20.4. The van der Waals surface area contributed by atoms with Gasteiger partial charge in [0.1, 0.15) is 11.6 Å². The quantitative estimate of drug-likeness (QED) is 0.261. The number of rotatable bonds is 8. The van der Waals surface area contributed by atoms with E-state index in [0.717, 1.165) is 37.8 Å². The lowest BCUT2D eigenvalue weighted by Crippen LogP contribution is -2.43. The third-order valence-electron chi connectivity index (χ3n) is 6.00. The van der Waals surface area contributed by atoms with E-state index in [1.165, 1.54) is 36.7 Å². The van der Waals surface area contributed by atoms with E-state index < -0.39 is 29.7 Å². The number of pyridine rings is 2. The maximum absolute atomic E-state index is 14.8. The molecular weight excluding hydrogens is 522 g/mol. The number of carbonyl (C=O) groups is 2. The second kappa shape index (κ2) is 11.5. The smallest absolute Gasteiger partial charge is 0.405 e. The molecule has 3 aromatic rings. The second-order valence-corrected chi connectivity index (χ2v) is 8.86. The molecule has 0 aliphatic heterocycles. The van der Waals surface area contributed by atoms with Crippen LogP contribution in [0.15, 0.2) is 48.8 Å². The first-order valence-electron chi connectivity index (χ1n) is 11.9. The highest BCUT2D eigenvalue weighted by Gasteiger charge is 2.33. The monoisotopic (exact) mass is 547 g/mol. The van der Waals surface area contributed by atoms with Crippen molar-refractivity contribution < 1.29 is 31.9 Å². The Morgan fingerprint density at radius 2 is 1.72 bits per heavy atom.